The van der Waals surface area contributed by atoms with Crippen molar-refractivity contribution in [1.82, 2.24) is 20.2 Å². The molecule has 1 aliphatic heterocycles. The fourth-order valence-electron chi connectivity index (χ4n) is 3.37. The highest BCUT2D eigenvalue weighted by atomic mass is 16.2. The molecule has 1 aliphatic rings. The number of pyridine rings is 2. The normalized spacial score (nSPS) is 14.6. The monoisotopic (exact) mass is 382 g/mol. The Morgan fingerprint density at radius 3 is 2.54 bits per heavy atom. The lowest BCUT2D eigenvalue weighted by molar-refractivity contribution is -0.114. The van der Waals surface area contributed by atoms with Gasteiger partial charge in [0.05, 0.1) is 11.4 Å². The highest BCUT2D eigenvalue weighted by Gasteiger charge is 2.20. The average Bonchev–Trinajstić information content (AvgIpc) is 2.68. The highest BCUT2D eigenvalue weighted by Crippen LogP contribution is 2.21. The topological polar surface area (TPSA) is 90.5 Å². The van der Waals surface area contributed by atoms with Gasteiger partial charge in [-0.1, -0.05) is 0 Å². The number of anilines is 2. The summed E-state index contributed by atoms with van der Waals surface area (Å²) in [5, 5.41) is 5.32. The van der Waals surface area contributed by atoms with E-state index in [-0.39, 0.29) is 11.8 Å². The molecule has 2 aromatic heterocycles. The van der Waals surface area contributed by atoms with Crippen LogP contribution in [0.15, 0.2) is 30.5 Å². The zero-order chi connectivity index (χ0) is 20.1. The van der Waals surface area contributed by atoms with Crippen molar-refractivity contribution in [3.05, 3.63) is 47.4 Å². The van der Waals surface area contributed by atoms with E-state index in [2.05, 4.69) is 30.4 Å². The minimum absolute atomic E-state index is 0.121. The van der Waals surface area contributed by atoms with Crippen molar-refractivity contribution in [3.63, 3.8) is 0 Å². The number of nitrogens with zero attached hydrogens (tertiary/aromatic N) is 4. The molecule has 28 heavy (non-hydrogen) atoms. The number of hydrogen-bond donors (Lipinski definition) is 2. The Morgan fingerprint density at radius 1 is 1.14 bits per heavy atom. The van der Waals surface area contributed by atoms with E-state index in [0.29, 0.717) is 11.5 Å². The Morgan fingerprint density at radius 2 is 1.89 bits per heavy atom. The minimum Gasteiger partial charge on any atom is -0.368 e. The molecule has 0 saturated carbocycles. The third-order valence-electron chi connectivity index (χ3n) is 4.77. The second-order valence-electron chi connectivity index (χ2n) is 6.87. The predicted molar refractivity (Wildman–Crippen MR) is 108 cm³/mol. The number of aromatic nitrogens is 2. The summed E-state index contributed by atoms with van der Waals surface area (Å²) in [6.45, 7) is 7.87. The largest absolute Gasteiger partial charge is 0.368 e. The number of carbonyl (C=O) groups is 2. The van der Waals surface area contributed by atoms with Crippen LogP contribution in [0.3, 0.4) is 0 Å². The molecule has 8 nitrogen and oxygen atoms in total. The third kappa shape index (κ3) is 4.83. The summed E-state index contributed by atoms with van der Waals surface area (Å²) < 4.78 is 0. The number of hydrogen-bond acceptors (Lipinski definition) is 6. The Bertz CT molecular complexity index is 862. The zero-order valence-corrected chi connectivity index (χ0v) is 16.5. The molecule has 0 unspecified atom stereocenters. The molecule has 1 fully saturated rings. The van der Waals surface area contributed by atoms with E-state index in [1.165, 1.54) is 6.92 Å². The fraction of sp³-hybridized carbons (Fsp3) is 0.400. The summed E-state index contributed by atoms with van der Waals surface area (Å²) in [6, 6.07) is 7.64. The maximum atomic E-state index is 11.7. The van der Waals surface area contributed by atoms with Crippen LogP contribution in [-0.2, 0) is 11.3 Å². The van der Waals surface area contributed by atoms with E-state index < -0.39 is 0 Å². The van der Waals surface area contributed by atoms with Gasteiger partial charge < -0.3 is 15.5 Å². The van der Waals surface area contributed by atoms with Gasteiger partial charge in [-0.2, -0.15) is 0 Å². The quantitative estimate of drug-likeness (QED) is 0.813. The van der Waals surface area contributed by atoms with Gasteiger partial charge in [0.1, 0.15) is 11.5 Å². The highest BCUT2D eigenvalue weighted by molar-refractivity contribution is 5.92. The Hall–Kier alpha value is -3.00. The summed E-state index contributed by atoms with van der Waals surface area (Å²) in [5.74, 6) is 0.293. The zero-order valence-electron chi connectivity index (χ0n) is 16.5. The summed E-state index contributed by atoms with van der Waals surface area (Å²) in [7, 11) is 1.61. The van der Waals surface area contributed by atoms with E-state index in [1.807, 2.05) is 25.1 Å². The van der Waals surface area contributed by atoms with E-state index in [0.717, 1.165) is 49.7 Å². The van der Waals surface area contributed by atoms with E-state index in [9.17, 15) is 9.59 Å². The molecule has 3 heterocycles. The molecule has 0 bridgehead atoms. The maximum Gasteiger partial charge on any atom is 0.269 e. The number of nitrogens with one attached hydrogen (secondary N) is 2. The summed E-state index contributed by atoms with van der Waals surface area (Å²) >= 11 is 0. The molecule has 3 rings (SSSR count). The SMILES string of the molecule is CNC(=O)c1ccc(N2CCN(Cc3ccnc(NC(C)=O)c3)CC2)c(C)n1. The van der Waals surface area contributed by atoms with Crippen molar-refractivity contribution < 1.29 is 9.59 Å². The van der Waals surface area contributed by atoms with Gasteiger partial charge in [-0.05, 0) is 36.8 Å². The van der Waals surface area contributed by atoms with Crippen LogP contribution in [0.25, 0.3) is 0 Å². The molecule has 0 atom stereocenters. The van der Waals surface area contributed by atoms with Crippen molar-refractivity contribution in [2.75, 3.05) is 43.4 Å². The van der Waals surface area contributed by atoms with Crippen LogP contribution in [0.5, 0.6) is 0 Å². The number of piperazine rings is 1. The molecular weight excluding hydrogens is 356 g/mol. The lowest BCUT2D eigenvalue weighted by atomic mass is 10.2. The van der Waals surface area contributed by atoms with E-state index in [1.54, 1.807) is 19.3 Å². The van der Waals surface area contributed by atoms with Crippen LogP contribution >= 0.6 is 0 Å². The molecule has 2 aromatic rings. The van der Waals surface area contributed by atoms with E-state index in [4.69, 9.17) is 0 Å². The molecule has 2 amide bonds. The van der Waals surface area contributed by atoms with Crippen molar-refractivity contribution in [3.8, 4) is 0 Å². The molecule has 1 saturated heterocycles. The third-order valence-corrected chi connectivity index (χ3v) is 4.77. The number of carbonyl (C=O) groups excluding carboxylic acids is 2. The molecule has 0 radical (unpaired) electrons. The van der Waals surface area contributed by atoms with Crippen LogP contribution in [0.4, 0.5) is 11.5 Å². The lowest BCUT2D eigenvalue weighted by Crippen LogP contribution is -2.46. The lowest BCUT2D eigenvalue weighted by Gasteiger charge is -2.36. The Kier molecular flexibility index (Phi) is 6.20. The van der Waals surface area contributed by atoms with Gasteiger partial charge in [0.2, 0.25) is 5.91 Å². The number of aryl methyl sites for hydroxylation is 1. The smallest absolute Gasteiger partial charge is 0.269 e. The van der Waals surface area contributed by atoms with Gasteiger partial charge >= 0.3 is 0 Å². The molecule has 0 aliphatic carbocycles. The summed E-state index contributed by atoms with van der Waals surface area (Å²) in [5.41, 5.74) is 3.50. The van der Waals surface area contributed by atoms with Crippen LogP contribution in [0, 0.1) is 6.92 Å². The van der Waals surface area contributed by atoms with E-state index >= 15 is 0 Å². The Labute approximate surface area is 165 Å². The number of rotatable bonds is 5. The predicted octanol–water partition coefficient (Wildman–Crippen LogP) is 1.43. The minimum atomic E-state index is -0.171. The van der Waals surface area contributed by atoms with Gasteiger partial charge in [-0.15, -0.1) is 0 Å². The van der Waals surface area contributed by atoms with Gasteiger partial charge in [0.25, 0.3) is 5.91 Å². The Balaban J connectivity index is 1.59. The first-order valence-electron chi connectivity index (χ1n) is 9.36. The standard InChI is InChI=1S/C20H26N6O2/c1-14-18(5-4-17(23-14)20(28)21-3)26-10-8-25(9-11-26)13-16-6-7-22-19(12-16)24-15(2)27/h4-7,12H,8-11,13H2,1-3H3,(H,21,28)(H,22,24,27). The van der Waals surface area contributed by atoms with Gasteiger partial charge in [0.15, 0.2) is 0 Å². The fourth-order valence-corrected chi connectivity index (χ4v) is 3.37. The first-order valence-corrected chi connectivity index (χ1v) is 9.36. The molecular formula is C20H26N6O2. The van der Waals surface area contributed by atoms with Crippen LogP contribution in [-0.4, -0.2) is 59.9 Å². The average molecular weight is 382 g/mol. The molecule has 8 heteroatoms. The molecule has 148 valence electrons. The molecule has 0 spiro atoms. The van der Waals surface area contributed by atoms with Gasteiger partial charge in [-0.3, -0.25) is 14.5 Å². The maximum absolute atomic E-state index is 11.7. The molecule has 0 aromatic carbocycles. The first-order chi connectivity index (χ1) is 13.5. The second kappa shape index (κ2) is 8.79. The molecule has 2 N–H and O–H groups in total. The van der Waals surface area contributed by atoms with Crippen molar-refractivity contribution in [2.24, 2.45) is 0 Å². The van der Waals surface area contributed by atoms with Gasteiger partial charge in [0, 0.05) is 52.9 Å². The number of amides is 2. The van der Waals surface area contributed by atoms with Crippen LogP contribution in [0.2, 0.25) is 0 Å². The van der Waals surface area contributed by atoms with Crippen molar-refractivity contribution in [1.29, 1.82) is 0 Å². The van der Waals surface area contributed by atoms with Gasteiger partial charge in [-0.25, -0.2) is 9.97 Å². The van der Waals surface area contributed by atoms with Crippen molar-refractivity contribution >= 4 is 23.3 Å². The van der Waals surface area contributed by atoms with Crippen LogP contribution in [0.1, 0.15) is 28.7 Å². The van der Waals surface area contributed by atoms with Crippen molar-refractivity contribution in [2.45, 2.75) is 20.4 Å². The summed E-state index contributed by atoms with van der Waals surface area (Å²) in [4.78, 5) is 36.2. The van der Waals surface area contributed by atoms with Crippen LogP contribution < -0.4 is 15.5 Å². The second-order valence-corrected chi connectivity index (χ2v) is 6.87. The first kappa shape index (κ1) is 19.8. The summed E-state index contributed by atoms with van der Waals surface area (Å²) in [6.07, 6.45) is 1.72.